The lowest BCUT2D eigenvalue weighted by Crippen LogP contribution is -2.09. The van der Waals surface area contributed by atoms with Crippen LogP contribution < -0.4 is 5.84 Å². The van der Waals surface area contributed by atoms with E-state index < -0.39 is 0 Å². The van der Waals surface area contributed by atoms with Gasteiger partial charge in [-0.15, -0.1) is 0 Å². The highest BCUT2D eigenvalue weighted by atomic mass is 15.4. The van der Waals surface area contributed by atoms with Crippen LogP contribution in [0.25, 0.3) is 0 Å². The molecule has 0 radical (unpaired) electrons. The van der Waals surface area contributed by atoms with Crippen molar-refractivity contribution >= 4 is 0 Å². The molecule has 0 aliphatic carbocycles. The third-order valence-corrected chi connectivity index (χ3v) is 0.893. The second-order valence-corrected chi connectivity index (χ2v) is 1.25. The molecular weight excluding hydrogens is 90.1 g/mol. The minimum absolute atomic E-state index is 0.896. The molecule has 0 fully saturated rings. The maximum atomic E-state index is 4.94. The van der Waals surface area contributed by atoms with E-state index in [1.807, 2.05) is 13.8 Å². The molecule has 0 spiro atoms. The number of hydrogen-bond acceptors (Lipinski definition) is 1. The van der Waals surface area contributed by atoms with Crippen LogP contribution in [0.2, 0.25) is 0 Å². The third-order valence-electron chi connectivity index (χ3n) is 0.893. The van der Waals surface area contributed by atoms with Gasteiger partial charge in [0.2, 0.25) is 0 Å². The molecule has 7 heavy (non-hydrogen) atoms. The fraction of sp³-hybridized carbons (Fsp3) is 1.00. The standard InChI is InChI=1S/C4H11N3/c1-3-7(4-2)6-5/h5H,3-4H2,1-2H3/p+1. The lowest BCUT2D eigenvalue weighted by molar-refractivity contribution is -0.589. The average Bonchev–Trinajstić information content (AvgIpc) is 1.72. The van der Waals surface area contributed by atoms with Crippen LogP contribution in [0.5, 0.6) is 0 Å². The molecule has 3 nitrogen and oxygen atoms in total. The molecule has 0 aromatic heterocycles. The Labute approximate surface area is 43.8 Å². The van der Waals surface area contributed by atoms with Gasteiger partial charge in [0.05, 0.1) is 5.22 Å². The zero-order valence-corrected chi connectivity index (χ0v) is 4.89. The summed E-state index contributed by atoms with van der Waals surface area (Å²) in [5.41, 5.74) is 0. The van der Waals surface area contributed by atoms with Crippen molar-refractivity contribution in [2.75, 3.05) is 13.1 Å². The molecule has 42 valence electrons. The molecule has 0 heterocycles. The number of rotatable bonds is 2. The molecular formula is C4H12N3+. The number of hydrogen-bond donors (Lipinski definition) is 1. The van der Waals surface area contributed by atoms with Crippen LogP contribution in [0.15, 0.2) is 5.22 Å². The van der Waals surface area contributed by atoms with Crippen molar-refractivity contribution in [1.82, 2.24) is 0 Å². The van der Waals surface area contributed by atoms with E-state index in [1.165, 1.54) is 0 Å². The summed E-state index contributed by atoms with van der Waals surface area (Å²) in [7, 11) is 0. The van der Waals surface area contributed by atoms with E-state index in [1.54, 1.807) is 4.70 Å². The van der Waals surface area contributed by atoms with Crippen LogP contribution >= 0.6 is 0 Å². The summed E-state index contributed by atoms with van der Waals surface area (Å²) >= 11 is 0. The first-order chi connectivity index (χ1) is 3.35. The van der Waals surface area contributed by atoms with E-state index in [4.69, 9.17) is 5.84 Å². The topological polar surface area (TPSA) is 41.4 Å². The molecule has 0 saturated carbocycles. The first kappa shape index (κ1) is 6.40. The molecule has 0 bridgehead atoms. The molecule has 0 saturated heterocycles. The maximum Gasteiger partial charge on any atom is 0.104 e. The lowest BCUT2D eigenvalue weighted by Gasteiger charge is -1.90. The van der Waals surface area contributed by atoms with Crippen molar-refractivity contribution in [3.8, 4) is 0 Å². The van der Waals surface area contributed by atoms with Gasteiger partial charge < -0.3 is 0 Å². The minimum Gasteiger partial charge on any atom is -0.197 e. The van der Waals surface area contributed by atoms with Gasteiger partial charge in [-0.05, 0) is 13.8 Å². The van der Waals surface area contributed by atoms with Crippen LogP contribution in [-0.4, -0.2) is 17.8 Å². The number of nitrogens with two attached hydrogens (primary N) is 1. The highest BCUT2D eigenvalue weighted by molar-refractivity contribution is 4.03. The van der Waals surface area contributed by atoms with Crippen LogP contribution in [0.1, 0.15) is 13.8 Å². The summed E-state index contributed by atoms with van der Waals surface area (Å²) < 4.78 is 1.78. The summed E-state index contributed by atoms with van der Waals surface area (Å²) in [6, 6.07) is 0. The van der Waals surface area contributed by atoms with Crippen LogP contribution in [0.3, 0.4) is 0 Å². The average molecular weight is 102 g/mol. The predicted molar refractivity (Wildman–Crippen MR) is 28.0 cm³/mol. The van der Waals surface area contributed by atoms with Crippen LogP contribution in [-0.2, 0) is 0 Å². The van der Waals surface area contributed by atoms with E-state index in [9.17, 15) is 0 Å². The van der Waals surface area contributed by atoms with Crippen molar-refractivity contribution in [1.29, 1.82) is 0 Å². The van der Waals surface area contributed by atoms with Gasteiger partial charge in [-0.1, -0.05) is 0 Å². The molecule has 0 aromatic carbocycles. The lowest BCUT2D eigenvalue weighted by atomic mass is 10.7. The van der Waals surface area contributed by atoms with E-state index in [2.05, 4.69) is 5.22 Å². The van der Waals surface area contributed by atoms with Gasteiger partial charge in [0.25, 0.3) is 0 Å². The third kappa shape index (κ3) is 2.14. The summed E-state index contributed by atoms with van der Waals surface area (Å²) in [5, 5.41) is 3.46. The SMILES string of the molecule is CC[N+](CC)=NN. The highest BCUT2D eigenvalue weighted by Gasteiger charge is 1.86. The summed E-state index contributed by atoms with van der Waals surface area (Å²) in [6.45, 7) is 5.82. The Bertz CT molecular complexity index is 61.3. The molecule has 0 aromatic rings. The van der Waals surface area contributed by atoms with Gasteiger partial charge >= 0.3 is 0 Å². The van der Waals surface area contributed by atoms with Gasteiger partial charge in [0, 0.05) is 0 Å². The molecule has 0 unspecified atom stereocenters. The zero-order chi connectivity index (χ0) is 5.70. The maximum absolute atomic E-state index is 4.94. The fourth-order valence-corrected chi connectivity index (χ4v) is 0.387. The Morgan fingerprint density at radius 3 is 1.86 bits per heavy atom. The van der Waals surface area contributed by atoms with Crippen LogP contribution in [0, 0.1) is 0 Å². The van der Waals surface area contributed by atoms with E-state index >= 15 is 0 Å². The van der Waals surface area contributed by atoms with Gasteiger partial charge in [0.15, 0.2) is 0 Å². The summed E-state index contributed by atoms with van der Waals surface area (Å²) in [5.74, 6) is 4.94. The van der Waals surface area contributed by atoms with E-state index in [-0.39, 0.29) is 0 Å². The summed E-state index contributed by atoms with van der Waals surface area (Å²) in [6.07, 6.45) is 0. The Kier molecular flexibility index (Phi) is 3.28. The van der Waals surface area contributed by atoms with E-state index in [0.29, 0.717) is 0 Å². The van der Waals surface area contributed by atoms with Crippen molar-refractivity contribution < 1.29 is 4.70 Å². The fourth-order valence-electron chi connectivity index (χ4n) is 0.387. The van der Waals surface area contributed by atoms with Gasteiger partial charge in [0.1, 0.15) is 13.1 Å². The smallest absolute Gasteiger partial charge is 0.104 e. The Morgan fingerprint density at radius 1 is 1.43 bits per heavy atom. The van der Waals surface area contributed by atoms with Crippen molar-refractivity contribution in [2.24, 2.45) is 11.1 Å². The zero-order valence-electron chi connectivity index (χ0n) is 4.89. The van der Waals surface area contributed by atoms with Gasteiger partial charge in [-0.25, -0.2) is 0 Å². The normalized spacial score (nSPS) is 8.29. The molecule has 0 aliphatic rings. The molecule has 0 rings (SSSR count). The second-order valence-electron chi connectivity index (χ2n) is 1.25. The Morgan fingerprint density at radius 2 is 1.86 bits per heavy atom. The number of nitrogens with zero attached hydrogens (tertiary/aromatic N) is 2. The first-order valence-corrected chi connectivity index (χ1v) is 2.50. The molecule has 2 N–H and O–H groups in total. The second kappa shape index (κ2) is 3.59. The van der Waals surface area contributed by atoms with E-state index in [0.717, 1.165) is 13.1 Å². The highest BCUT2D eigenvalue weighted by Crippen LogP contribution is 1.70. The first-order valence-electron chi connectivity index (χ1n) is 2.50. The minimum atomic E-state index is 0.896. The molecule has 3 heteroatoms. The molecule has 0 atom stereocenters. The Hall–Kier alpha value is -0.600. The molecule has 0 amide bonds. The van der Waals surface area contributed by atoms with Crippen molar-refractivity contribution in [3.05, 3.63) is 0 Å². The predicted octanol–water partition coefficient (Wildman–Crippen LogP) is 0.365. The van der Waals surface area contributed by atoms with Crippen LogP contribution in [0.4, 0.5) is 0 Å². The quantitative estimate of drug-likeness (QED) is 0.232. The van der Waals surface area contributed by atoms with Gasteiger partial charge in [-0.3, -0.25) is 0 Å². The largest absolute Gasteiger partial charge is 0.197 e. The Balaban J connectivity index is 3.38. The van der Waals surface area contributed by atoms with Crippen molar-refractivity contribution in [2.45, 2.75) is 13.8 Å². The van der Waals surface area contributed by atoms with Crippen molar-refractivity contribution in [3.63, 3.8) is 0 Å². The monoisotopic (exact) mass is 102 g/mol. The summed E-state index contributed by atoms with van der Waals surface area (Å²) in [4.78, 5) is 0. The molecule has 0 aliphatic heterocycles. The van der Waals surface area contributed by atoms with Gasteiger partial charge in [-0.2, -0.15) is 10.5 Å².